The first-order valence-corrected chi connectivity index (χ1v) is 7.31. The fraction of sp³-hybridized carbons (Fsp3) is 0.182. The maximum Gasteiger partial charge on any atom is 0.242 e. The molecule has 1 heterocycles. The molecule has 0 radical (unpaired) electrons. The molecule has 0 aliphatic heterocycles. The van der Waals surface area contributed by atoms with Crippen molar-refractivity contribution >= 4 is 21.4 Å². The molecule has 0 bridgehead atoms. The van der Waals surface area contributed by atoms with Gasteiger partial charge >= 0.3 is 0 Å². The normalized spacial score (nSPS) is 11.9. The predicted octanol–water partition coefficient (Wildman–Crippen LogP) is 2.06. The van der Waals surface area contributed by atoms with E-state index >= 15 is 0 Å². The molecule has 2 aromatic rings. The molecule has 1 aromatic heterocycles. The van der Waals surface area contributed by atoms with Gasteiger partial charge in [-0.25, -0.2) is 17.7 Å². The molecule has 1 aromatic carbocycles. The molecule has 0 saturated heterocycles. The van der Waals surface area contributed by atoms with Crippen LogP contribution in [-0.4, -0.2) is 31.8 Å². The molecule has 0 saturated carbocycles. The summed E-state index contributed by atoms with van der Waals surface area (Å²) in [6.45, 7) is 0. The van der Waals surface area contributed by atoms with Crippen LogP contribution >= 0.6 is 11.3 Å². The summed E-state index contributed by atoms with van der Waals surface area (Å²) < 4.78 is 25.1. The largest absolute Gasteiger partial charge is 0.245 e. The zero-order valence-corrected chi connectivity index (χ0v) is 11.1. The zero-order chi connectivity index (χ0) is 12.5. The van der Waals surface area contributed by atoms with Gasteiger partial charge < -0.3 is 0 Å². The maximum atomic E-state index is 12.0. The summed E-state index contributed by atoms with van der Waals surface area (Å²) in [7, 11) is -0.344. The number of nitrogens with zero attached hydrogens (tertiary/aromatic N) is 2. The zero-order valence-electron chi connectivity index (χ0n) is 9.49. The van der Waals surface area contributed by atoms with Crippen molar-refractivity contribution in [3.63, 3.8) is 0 Å². The van der Waals surface area contributed by atoms with E-state index in [9.17, 15) is 8.42 Å². The van der Waals surface area contributed by atoms with Crippen LogP contribution < -0.4 is 0 Å². The number of rotatable bonds is 3. The minimum absolute atomic E-state index is 0.285. The minimum atomic E-state index is -3.38. The van der Waals surface area contributed by atoms with Gasteiger partial charge in [0, 0.05) is 25.0 Å². The van der Waals surface area contributed by atoms with Crippen molar-refractivity contribution < 1.29 is 8.42 Å². The Labute approximate surface area is 105 Å². The lowest BCUT2D eigenvalue weighted by molar-refractivity contribution is 0.521. The lowest BCUT2D eigenvalue weighted by Gasteiger charge is -2.11. The second-order valence-corrected chi connectivity index (χ2v) is 6.56. The van der Waals surface area contributed by atoms with Crippen LogP contribution in [0.3, 0.4) is 0 Å². The molecule has 0 aliphatic carbocycles. The van der Waals surface area contributed by atoms with Gasteiger partial charge in [0.2, 0.25) is 10.0 Å². The molecular formula is C11H12N2O2S2. The number of thiazole rings is 1. The lowest BCUT2D eigenvalue weighted by atomic mass is 10.2. The quantitative estimate of drug-likeness (QED) is 0.856. The highest BCUT2D eigenvalue weighted by Gasteiger charge is 2.17. The van der Waals surface area contributed by atoms with Crippen molar-refractivity contribution in [3.05, 3.63) is 35.2 Å². The van der Waals surface area contributed by atoms with Crippen molar-refractivity contribution in [2.45, 2.75) is 4.90 Å². The first-order chi connectivity index (χ1) is 8.01. The monoisotopic (exact) mass is 268 g/mol. The maximum absolute atomic E-state index is 12.0. The molecular weight excluding hydrogens is 256 g/mol. The topological polar surface area (TPSA) is 50.3 Å². The third kappa shape index (κ3) is 2.38. The summed E-state index contributed by atoms with van der Waals surface area (Å²) in [6.07, 6.45) is 0. The average molecular weight is 268 g/mol. The van der Waals surface area contributed by atoms with Crippen molar-refractivity contribution in [2.24, 2.45) is 0 Å². The fourth-order valence-electron chi connectivity index (χ4n) is 1.38. The fourth-order valence-corrected chi connectivity index (χ4v) is 2.89. The lowest BCUT2D eigenvalue weighted by Crippen LogP contribution is -2.22. The van der Waals surface area contributed by atoms with E-state index in [0.717, 1.165) is 11.3 Å². The highest BCUT2D eigenvalue weighted by molar-refractivity contribution is 7.89. The number of hydrogen-bond donors (Lipinski definition) is 0. The second-order valence-electron chi connectivity index (χ2n) is 3.69. The van der Waals surface area contributed by atoms with Gasteiger partial charge in [-0.1, -0.05) is 12.1 Å². The summed E-state index contributed by atoms with van der Waals surface area (Å²) >= 11 is 1.48. The highest BCUT2D eigenvalue weighted by atomic mass is 32.2. The van der Waals surface area contributed by atoms with Crippen LogP contribution in [0.1, 0.15) is 0 Å². The van der Waals surface area contributed by atoms with Gasteiger partial charge in [0.15, 0.2) is 0 Å². The van der Waals surface area contributed by atoms with Crippen molar-refractivity contribution in [1.29, 1.82) is 0 Å². The Morgan fingerprint density at radius 2 is 2.06 bits per heavy atom. The molecule has 0 unspecified atom stereocenters. The molecule has 17 heavy (non-hydrogen) atoms. The van der Waals surface area contributed by atoms with E-state index in [4.69, 9.17) is 0 Å². The van der Waals surface area contributed by atoms with Crippen LogP contribution in [0.4, 0.5) is 0 Å². The molecule has 0 aliphatic rings. The van der Waals surface area contributed by atoms with Crippen molar-refractivity contribution in [1.82, 2.24) is 9.29 Å². The summed E-state index contributed by atoms with van der Waals surface area (Å²) in [4.78, 5) is 4.45. The van der Waals surface area contributed by atoms with Crippen molar-refractivity contribution in [3.8, 4) is 11.3 Å². The Kier molecular flexibility index (Phi) is 3.28. The van der Waals surface area contributed by atoms with E-state index < -0.39 is 10.0 Å². The number of aromatic nitrogens is 1. The van der Waals surface area contributed by atoms with E-state index in [2.05, 4.69) is 4.98 Å². The number of sulfonamides is 1. The van der Waals surface area contributed by atoms with Gasteiger partial charge in [0.25, 0.3) is 0 Å². The summed E-state index contributed by atoms with van der Waals surface area (Å²) in [6, 6.07) is 6.81. The average Bonchev–Trinajstić information content (AvgIpc) is 2.82. The molecule has 90 valence electrons. The molecule has 0 atom stereocenters. The predicted molar refractivity (Wildman–Crippen MR) is 68.4 cm³/mol. The van der Waals surface area contributed by atoms with E-state index in [-0.39, 0.29) is 4.90 Å². The standard InChI is InChI=1S/C11H12N2O2S2/c1-13(2)17(14,15)10-5-3-4-9(6-10)11-7-16-8-12-11/h3-8H,1-2H3. The summed E-state index contributed by atoms with van der Waals surface area (Å²) in [5.74, 6) is 0. The Morgan fingerprint density at radius 3 is 2.65 bits per heavy atom. The van der Waals surface area contributed by atoms with Crippen LogP contribution in [-0.2, 0) is 10.0 Å². The van der Waals surface area contributed by atoms with E-state index in [0.29, 0.717) is 0 Å². The van der Waals surface area contributed by atoms with E-state index in [1.165, 1.54) is 29.7 Å². The van der Waals surface area contributed by atoms with Gasteiger partial charge in [-0.2, -0.15) is 0 Å². The van der Waals surface area contributed by atoms with Gasteiger partial charge in [0.05, 0.1) is 16.1 Å². The Balaban J connectivity index is 2.50. The van der Waals surface area contributed by atoms with E-state index in [1.807, 2.05) is 11.4 Å². The first kappa shape index (κ1) is 12.2. The second kappa shape index (κ2) is 4.56. The minimum Gasteiger partial charge on any atom is -0.245 e. The molecule has 0 amide bonds. The number of hydrogen-bond acceptors (Lipinski definition) is 4. The summed E-state index contributed by atoms with van der Waals surface area (Å²) in [5.41, 5.74) is 3.34. The Morgan fingerprint density at radius 1 is 1.29 bits per heavy atom. The molecule has 2 rings (SSSR count). The van der Waals surface area contributed by atoms with Gasteiger partial charge in [-0.15, -0.1) is 11.3 Å². The molecule has 0 fully saturated rings. The number of benzene rings is 1. The third-order valence-electron chi connectivity index (χ3n) is 2.34. The molecule has 0 spiro atoms. The third-order valence-corrected chi connectivity index (χ3v) is 4.74. The van der Waals surface area contributed by atoms with Gasteiger partial charge in [-0.05, 0) is 12.1 Å². The van der Waals surface area contributed by atoms with E-state index in [1.54, 1.807) is 23.7 Å². The van der Waals surface area contributed by atoms with Crippen LogP contribution in [0.2, 0.25) is 0 Å². The molecule has 4 nitrogen and oxygen atoms in total. The Hall–Kier alpha value is -1.24. The Bertz CT molecular complexity index is 604. The first-order valence-electron chi connectivity index (χ1n) is 4.93. The molecule has 0 N–H and O–H groups in total. The SMILES string of the molecule is CN(C)S(=O)(=O)c1cccc(-c2cscn2)c1. The summed E-state index contributed by atoms with van der Waals surface area (Å²) in [5, 5.41) is 1.89. The highest BCUT2D eigenvalue weighted by Crippen LogP contribution is 2.23. The van der Waals surface area contributed by atoms with Gasteiger partial charge in [0.1, 0.15) is 0 Å². The van der Waals surface area contributed by atoms with Crippen LogP contribution in [0, 0.1) is 0 Å². The molecule has 6 heteroatoms. The van der Waals surface area contributed by atoms with Gasteiger partial charge in [-0.3, -0.25) is 0 Å². The van der Waals surface area contributed by atoms with Crippen LogP contribution in [0.5, 0.6) is 0 Å². The van der Waals surface area contributed by atoms with Crippen LogP contribution in [0.15, 0.2) is 40.1 Å². The smallest absolute Gasteiger partial charge is 0.242 e. The van der Waals surface area contributed by atoms with Crippen molar-refractivity contribution in [2.75, 3.05) is 14.1 Å². The van der Waals surface area contributed by atoms with Crippen LogP contribution in [0.25, 0.3) is 11.3 Å².